The third-order valence-electron chi connectivity index (χ3n) is 2.19. The lowest BCUT2D eigenvalue weighted by molar-refractivity contribution is 0.414. The summed E-state index contributed by atoms with van der Waals surface area (Å²) in [6.45, 7) is 0. The van der Waals surface area contributed by atoms with Crippen LogP contribution in [0.5, 0.6) is 5.75 Å². The van der Waals surface area contributed by atoms with Crippen molar-refractivity contribution >= 4 is 0 Å². The van der Waals surface area contributed by atoms with E-state index in [4.69, 9.17) is 11.2 Å². The summed E-state index contributed by atoms with van der Waals surface area (Å²) in [5.74, 6) is 3.52. The van der Waals surface area contributed by atoms with E-state index in [-0.39, 0.29) is 6.04 Å². The van der Waals surface area contributed by atoms with E-state index in [2.05, 4.69) is 11.2 Å². The second-order valence-electron chi connectivity index (χ2n) is 3.02. The normalized spacial score (nSPS) is 11.8. The fourth-order valence-electron chi connectivity index (χ4n) is 1.34. The minimum Gasteiger partial charge on any atom is -0.497 e. The number of methoxy groups -OCH3 is 1. The monoisotopic (exact) mass is 189 g/mol. The zero-order valence-corrected chi connectivity index (χ0v) is 8.58. The van der Waals surface area contributed by atoms with Crippen molar-refractivity contribution in [3.63, 3.8) is 0 Å². The maximum atomic E-state index is 5.28. The molecular weight excluding hydrogens is 174 g/mol. The van der Waals surface area contributed by atoms with E-state index in [1.165, 1.54) is 5.56 Å². The number of benzene rings is 1. The van der Waals surface area contributed by atoms with E-state index in [1.807, 2.05) is 31.3 Å². The van der Waals surface area contributed by atoms with Gasteiger partial charge in [0.2, 0.25) is 0 Å². The number of nitrogens with one attached hydrogen (secondary N) is 1. The van der Waals surface area contributed by atoms with E-state index in [0.717, 1.165) is 5.75 Å². The summed E-state index contributed by atoms with van der Waals surface area (Å²) >= 11 is 0. The highest BCUT2D eigenvalue weighted by atomic mass is 16.5. The molecule has 1 unspecified atom stereocenters. The van der Waals surface area contributed by atoms with Crippen molar-refractivity contribution in [2.24, 2.45) is 0 Å². The molecule has 0 aliphatic rings. The fourth-order valence-corrected chi connectivity index (χ4v) is 1.34. The Balaban J connectivity index is 2.79. The molecule has 1 aromatic carbocycles. The Kier molecular flexibility index (Phi) is 4.03. The number of hydrogen-bond acceptors (Lipinski definition) is 2. The first-order valence-electron chi connectivity index (χ1n) is 4.56. The Morgan fingerprint density at radius 3 is 2.50 bits per heavy atom. The molecule has 74 valence electrons. The van der Waals surface area contributed by atoms with Crippen LogP contribution >= 0.6 is 0 Å². The molecule has 0 aliphatic heterocycles. The van der Waals surface area contributed by atoms with Crippen LogP contribution in [0.25, 0.3) is 0 Å². The molecule has 0 aliphatic carbocycles. The second kappa shape index (κ2) is 5.31. The standard InChI is InChI=1S/C12H15NO/c1-4-5-12(13-2)10-6-8-11(14-3)9-7-10/h1,6-9,12-13H,5H2,2-3H3. The van der Waals surface area contributed by atoms with Crippen molar-refractivity contribution in [3.8, 4) is 18.1 Å². The van der Waals surface area contributed by atoms with E-state index >= 15 is 0 Å². The third-order valence-corrected chi connectivity index (χ3v) is 2.19. The molecule has 1 rings (SSSR count). The van der Waals surface area contributed by atoms with Gasteiger partial charge < -0.3 is 10.1 Å². The van der Waals surface area contributed by atoms with Gasteiger partial charge in [-0.25, -0.2) is 0 Å². The third kappa shape index (κ3) is 2.51. The van der Waals surface area contributed by atoms with Crippen LogP contribution in [-0.4, -0.2) is 14.2 Å². The average Bonchev–Trinajstić information content (AvgIpc) is 2.26. The first-order chi connectivity index (χ1) is 6.81. The van der Waals surface area contributed by atoms with E-state index in [9.17, 15) is 0 Å². The molecule has 0 saturated heterocycles. The highest BCUT2D eigenvalue weighted by molar-refractivity contribution is 5.29. The molecule has 14 heavy (non-hydrogen) atoms. The van der Waals surface area contributed by atoms with Crippen LogP contribution in [0.15, 0.2) is 24.3 Å². The Bertz CT molecular complexity index is 310. The van der Waals surface area contributed by atoms with Crippen molar-refractivity contribution in [1.29, 1.82) is 0 Å². The zero-order valence-electron chi connectivity index (χ0n) is 8.58. The Hall–Kier alpha value is -1.46. The van der Waals surface area contributed by atoms with Gasteiger partial charge in [0.1, 0.15) is 5.75 Å². The molecule has 0 heterocycles. The molecule has 0 saturated carbocycles. The van der Waals surface area contributed by atoms with Crippen LogP contribution in [0.2, 0.25) is 0 Å². The van der Waals surface area contributed by atoms with Gasteiger partial charge in [-0.3, -0.25) is 0 Å². The van der Waals surface area contributed by atoms with E-state index in [1.54, 1.807) is 7.11 Å². The van der Waals surface area contributed by atoms with E-state index in [0.29, 0.717) is 6.42 Å². The van der Waals surface area contributed by atoms with Crippen molar-refractivity contribution in [3.05, 3.63) is 29.8 Å². The summed E-state index contributed by atoms with van der Waals surface area (Å²) in [6, 6.07) is 8.16. The number of hydrogen-bond donors (Lipinski definition) is 1. The van der Waals surface area contributed by atoms with Gasteiger partial charge in [0.15, 0.2) is 0 Å². The lowest BCUT2D eigenvalue weighted by Gasteiger charge is -2.13. The highest BCUT2D eigenvalue weighted by Crippen LogP contribution is 2.19. The van der Waals surface area contributed by atoms with Gasteiger partial charge in [0.25, 0.3) is 0 Å². The summed E-state index contributed by atoms with van der Waals surface area (Å²) in [7, 11) is 3.57. The molecule has 0 amide bonds. The molecular formula is C12H15NO. The maximum absolute atomic E-state index is 5.28. The van der Waals surface area contributed by atoms with Gasteiger partial charge in [0, 0.05) is 12.5 Å². The van der Waals surface area contributed by atoms with Crippen LogP contribution in [0.1, 0.15) is 18.0 Å². The van der Waals surface area contributed by atoms with Crippen LogP contribution in [0.3, 0.4) is 0 Å². The van der Waals surface area contributed by atoms with Crippen molar-refractivity contribution in [1.82, 2.24) is 5.32 Å². The lowest BCUT2D eigenvalue weighted by atomic mass is 10.0. The van der Waals surface area contributed by atoms with Gasteiger partial charge >= 0.3 is 0 Å². The van der Waals surface area contributed by atoms with Crippen LogP contribution < -0.4 is 10.1 Å². The smallest absolute Gasteiger partial charge is 0.118 e. The second-order valence-corrected chi connectivity index (χ2v) is 3.02. The van der Waals surface area contributed by atoms with Crippen LogP contribution in [0, 0.1) is 12.3 Å². The van der Waals surface area contributed by atoms with Crippen LogP contribution in [-0.2, 0) is 0 Å². The number of ether oxygens (including phenoxy) is 1. The molecule has 0 spiro atoms. The van der Waals surface area contributed by atoms with Gasteiger partial charge in [-0.2, -0.15) is 0 Å². The number of terminal acetylenes is 1. The summed E-state index contributed by atoms with van der Waals surface area (Å²) in [6.07, 6.45) is 5.98. The molecule has 1 aromatic rings. The Morgan fingerprint density at radius 2 is 2.07 bits per heavy atom. The topological polar surface area (TPSA) is 21.3 Å². The first-order valence-corrected chi connectivity index (χ1v) is 4.56. The lowest BCUT2D eigenvalue weighted by Crippen LogP contribution is -2.15. The molecule has 2 heteroatoms. The molecule has 0 aromatic heterocycles. The van der Waals surface area contributed by atoms with Gasteiger partial charge in [-0.1, -0.05) is 12.1 Å². The largest absolute Gasteiger partial charge is 0.497 e. The predicted molar refractivity (Wildman–Crippen MR) is 58.2 cm³/mol. The van der Waals surface area contributed by atoms with Gasteiger partial charge in [-0.05, 0) is 24.7 Å². The molecule has 1 N–H and O–H groups in total. The summed E-state index contributed by atoms with van der Waals surface area (Å²) in [4.78, 5) is 0. The molecule has 0 fully saturated rings. The molecule has 0 radical (unpaired) electrons. The molecule has 1 atom stereocenters. The van der Waals surface area contributed by atoms with Crippen LogP contribution in [0.4, 0.5) is 0 Å². The minimum atomic E-state index is 0.228. The SMILES string of the molecule is C#CCC(NC)c1ccc(OC)cc1. The van der Waals surface area contributed by atoms with Crippen molar-refractivity contribution in [2.45, 2.75) is 12.5 Å². The summed E-state index contributed by atoms with van der Waals surface area (Å²) < 4.78 is 5.08. The quantitative estimate of drug-likeness (QED) is 0.731. The Morgan fingerprint density at radius 1 is 1.43 bits per heavy atom. The predicted octanol–water partition coefficient (Wildman–Crippen LogP) is 1.98. The fraction of sp³-hybridized carbons (Fsp3) is 0.333. The molecule has 2 nitrogen and oxygen atoms in total. The summed E-state index contributed by atoms with van der Waals surface area (Å²) in [5, 5.41) is 3.17. The van der Waals surface area contributed by atoms with Crippen molar-refractivity contribution < 1.29 is 4.74 Å². The highest BCUT2D eigenvalue weighted by Gasteiger charge is 2.06. The Labute approximate surface area is 85.3 Å². The zero-order chi connectivity index (χ0) is 10.4. The summed E-state index contributed by atoms with van der Waals surface area (Å²) in [5.41, 5.74) is 1.19. The average molecular weight is 189 g/mol. The maximum Gasteiger partial charge on any atom is 0.118 e. The van der Waals surface area contributed by atoms with Crippen molar-refractivity contribution in [2.75, 3.05) is 14.2 Å². The minimum absolute atomic E-state index is 0.228. The van der Waals surface area contributed by atoms with Gasteiger partial charge in [0.05, 0.1) is 7.11 Å². The number of rotatable bonds is 4. The first kappa shape index (κ1) is 10.6. The molecule has 0 bridgehead atoms. The van der Waals surface area contributed by atoms with E-state index < -0.39 is 0 Å². The van der Waals surface area contributed by atoms with Gasteiger partial charge in [-0.15, -0.1) is 12.3 Å².